The molecular weight excluding hydrogens is 467 g/mol. The molecule has 1 amide bonds. The van der Waals surface area contributed by atoms with Gasteiger partial charge in [-0.2, -0.15) is 4.37 Å². The van der Waals surface area contributed by atoms with E-state index in [1.165, 1.54) is 23.7 Å². The Kier molecular flexibility index (Phi) is 7.88. The van der Waals surface area contributed by atoms with Gasteiger partial charge >= 0.3 is 0 Å². The van der Waals surface area contributed by atoms with Crippen molar-refractivity contribution in [1.29, 1.82) is 0 Å². The summed E-state index contributed by atoms with van der Waals surface area (Å²) in [5.41, 5.74) is 1.03. The summed E-state index contributed by atoms with van der Waals surface area (Å²) in [6, 6.07) is 12.4. The van der Waals surface area contributed by atoms with E-state index in [9.17, 15) is 9.18 Å². The highest BCUT2D eigenvalue weighted by Gasteiger charge is 2.25. The van der Waals surface area contributed by atoms with Crippen LogP contribution in [0.2, 0.25) is 0 Å². The van der Waals surface area contributed by atoms with Crippen molar-refractivity contribution in [2.24, 2.45) is 5.92 Å². The Morgan fingerprint density at radius 2 is 1.97 bits per heavy atom. The molecular formula is C23H26ClFN4O3S. The maximum Gasteiger partial charge on any atom is 0.273 e. The lowest BCUT2D eigenvalue weighted by Crippen LogP contribution is -2.36. The van der Waals surface area contributed by atoms with E-state index >= 15 is 0 Å². The van der Waals surface area contributed by atoms with Gasteiger partial charge in [-0.3, -0.25) is 4.79 Å². The van der Waals surface area contributed by atoms with Crippen LogP contribution in [0.3, 0.4) is 0 Å². The summed E-state index contributed by atoms with van der Waals surface area (Å²) in [5.74, 6) is 1.000. The summed E-state index contributed by atoms with van der Waals surface area (Å²) >= 11 is 1.37. The summed E-state index contributed by atoms with van der Waals surface area (Å²) in [6.45, 7) is 2.46. The molecule has 0 atom stereocenters. The van der Waals surface area contributed by atoms with Gasteiger partial charge < -0.3 is 19.8 Å². The molecule has 10 heteroatoms. The van der Waals surface area contributed by atoms with Gasteiger partial charge in [-0.25, -0.2) is 4.39 Å². The predicted octanol–water partition coefficient (Wildman–Crippen LogP) is 4.55. The molecule has 1 fully saturated rings. The third-order valence-corrected chi connectivity index (χ3v) is 6.96. The van der Waals surface area contributed by atoms with E-state index in [-0.39, 0.29) is 29.6 Å². The van der Waals surface area contributed by atoms with Crippen LogP contribution in [-0.2, 0) is 0 Å². The standard InChI is InChI=1S/C23H23FN4O2S.ClH.H2O/c1-27(23(29)21-18-4-2-3-5-20(18)31-26-21)11-8-15-9-12-28(13-10-15)22-17-7-6-16(24)14-19(17)30-25-22;;/h2-7,14-15H,8-13H2,1H3;1H;1H2. The molecule has 2 aromatic carbocycles. The number of piperidine rings is 1. The SMILES string of the molecule is CN(CCC1CCN(c2noc3cc(F)ccc23)CC1)C(=O)c1nsc2ccccc12.Cl.O. The van der Waals surface area contributed by atoms with Crippen molar-refractivity contribution in [3.63, 3.8) is 0 Å². The van der Waals surface area contributed by atoms with Crippen LogP contribution < -0.4 is 4.90 Å². The first-order valence-corrected chi connectivity index (χ1v) is 11.3. The first-order chi connectivity index (χ1) is 15.1. The molecule has 0 saturated carbocycles. The molecule has 7 nitrogen and oxygen atoms in total. The Labute approximate surface area is 201 Å². The molecule has 0 aliphatic carbocycles. The predicted molar refractivity (Wildman–Crippen MR) is 131 cm³/mol. The fourth-order valence-electron chi connectivity index (χ4n) is 4.26. The van der Waals surface area contributed by atoms with Crippen LogP contribution in [0.1, 0.15) is 29.8 Å². The molecule has 1 aliphatic heterocycles. The number of amides is 1. The summed E-state index contributed by atoms with van der Waals surface area (Å²) in [6.07, 6.45) is 3.01. The summed E-state index contributed by atoms with van der Waals surface area (Å²) < 4.78 is 24.1. The van der Waals surface area contributed by atoms with Gasteiger partial charge in [-0.1, -0.05) is 23.4 Å². The zero-order chi connectivity index (χ0) is 21.4. The van der Waals surface area contributed by atoms with Crippen molar-refractivity contribution < 1.29 is 19.2 Å². The number of benzene rings is 2. The second-order valence-corrected chi connectivity index (χ2v) is 8.92. The number of rotatable bonds is 5. The minimum Gasteiger partial charge on any atom is -0.412 e. The van der Waals surface area contributed by atoms with Crippen molar-refractivity contribution in [2.45, 2.75) is 19.3 Å². The summed E-state index contributed by atoms with van der Waals surface area (Å²) in [7, 11) is 1.85. The Morgan fingerprint density at radius 1 is 1.21 bits per heavy atom. The largest absolute Gasteiger partial charge is 0.412 e. The number of carbonyl (C=O) groups excluding carboxylic acids is 1. The molecule has 176 valence electrons. The fourth-order valence-corrected chi connectivity index (χ4v) is 5.03. The maximum absolute atomic E-state index is 13.4. The second-order valence-electron chi connectivity index (χ2n) is 8.12. The van der Waals surface area contributed by atoms with Gasteiger partial charge in [0.05, 0.1) is 10.1 Å². The highest BCUT2D eigenvalue weighted by molar-refractivity contribution is 7.13. The number of hydrogen-bond acceptors (Lipinski definition) is 6. The number of fused-ring (bicyclic) bond motifs is 2. The highest BCUT2D eigenvalue weighted by Crippen LogP contribution is 2.31. The molecule has 0 spiro atoms. The highest BCUT2D eigenvalue weighted by atomic mass is 35.5. The van der Waals surface area contributed by atoms with E-state index in [0.717, 1.165) is 53.6 Å². The van der Waals surface area contributed by atoms with Crippen LogP contribution in [0.15, 0.2) is 47.0 Å². The number of anilines is 1. The lowest BCUT2D eigenvalue weighted by molar-refractivity contribution is 0.0782. The molecule has 5 rings (SSSR count). The van der Waals surface area contributed by atoms with E-state index in [4.69, 9.17) is 4.52 Å². The molecule has 4 aromatic rings. The van der Waals surface area contributed by atoms with Gasteiger partial charge in [0.25, 0.3) is 5.91 Å². The third-order valence-electron chi connectivity index (χ3n) is 6.13. The molecule has 33 heavy (non-hydrogen) atoms. The van der Waals surface area contributed by atoms with Crippen molar-refractivity contribution >= 4 is 56.7 Å². The normalized spacial score (nSPS) is 14.2. The van der Waals surface area contributed by atoms with Crippen LogP contribution in [-0.4, -0.2) is 52.5 Å². The first kappa shape index (κ1) is 24.9. The topological polar surface area (TPSA) is 94.0 Å². The minimum absolute atomic E-state index is 0. The van der Waals surface area contributed by atoms with E-state index in [0.29, 0.717) is 23.7 Å². The Hall–Kier alpha value is -2.75. The van der Waals surface area contributed by atoms with Gasteiger partial charge in [-0.15, -0.1) is 12.4 Å². The van der Waals surface area contributed by atoms with Crippen LogP contribution in [0.4, 0.5) is 10.2 Å². The van der Waals surface area contributed by atoms with E-state index in [2.05, 4.69) is 14.4 Å². The van der Waals surface area contributed by atoms with E-state index in [1.54, 1.807) is 11.0 Å². The van der Waals surface area contributed by atoms with Crippen LogP contribution in [0.25, 0.3) is 21.1 Å². The average molecular weight is 493 g/mol. The minimum atomic E-state index is -0.321. The smallest absolute Gasteiger partial charge is 0.273 e. The monoisotopic (exact) mass is 492 g/mol. The number of carbonyl (C=O) groups is 1. The van der Waals surface area contributed by atoms with Crippen molar-refractivity contribution in [2.75, 3.05) is 31.6 Å². The van der Waals surface area contributed by atoms with Gasteiger partial charge in [0.2, 0.25) is 0 Å². The van der Waals surface area contributed by atoms with Crippen molar-refractivity contribution in [3.8, 4) is 0 Å². The van der Waals surface area contributed by atoms with Gasteiger partial charge in [0.1, 0.15) is 11.5 Å². The molecule has 0 bridgehead atoms. The summed E-state index contributed by atoms with van der Waals surface area (Å²) in [5, 5.41) is 5.94. The lowest BCUT2D eigenvalue weighted by Gasteiger charge is -2.32. The van der Waals surface area contributed by atoms with E-state index < -0.39 is 0 Å². The first-order valence-electron chi connectivity index (χ1n) is 10.5. The lowest BCUT2D eigenvalue weighted by atomic mass is 9.93. The van der Waals surface area contributed by atoms with Gasteiger partial charge in [0.15, 0.2) is 11.4 Å². The van der Waals surface area contributed by atoms with Crippen molar-refractivity contribution in [3.05, 3.63) is 54.0 Å². The Balaban J connectivity index is 0.00000153. The molecule has 0 unspecified atom stereocenters. The average Bonchev–Trinajstić information content (AvgIpc) is 3.41. The summed E-state index contributed by atoms with van der Waals surface area (Å²) in [4.78, 5) is 16.9. The molecule has 2 N–H and O–H groups in total. The Bertz CT molecular complexity index is 1240. The number of hydrogen-bond donors (Lipinski definition) is 0. The number of halogens is 2. The zero-order valence-electron chi connectivity index (χ0n) is 18.2. The molecule has 2 aromatic heterocycles. The number of nitrogens with zero attached hydrogens (tertiary/aromatic N) is 4. The molecule has 1 saturated heterocycles. The fraction of sp³-hybridized carbons (Fsp3) is 0.348. The van der Waals surface area contributed by atoms with Crippen LogP contribution in [0.5, 0.6) is 0 Å². The van der Waals surface area contributed by atoms with Gasteiger partial charge in [0, 0.05) is 38.1 Å². The second kappa shape index (κ2) is 10.5. The van der Waals surface area contributed by atoms with Crippen LogP contribution in [0, 0.1) is 11.7 Å². The zero-order valence-corrected chi connectivity index (χ0v) is 19.8. The molecule has 3 heterocycles. The van der Waals surface area contributed by atoms with E-state index in [1.807, 2.05) is 31.3 Å². The third kappa shape index (κ3) is 4.95. The van der Waals surface area contributed by atoms with Gasteiger partial charge in [-0.05, 0) is 54.9 Å². The molecule has 0 radical (unpaired) electrons. The number of aromatic nitrogens is 2. The van der Waals surface area contributed by atoms with Crippen molar-refractivity contribution in [1.82, 2.24) is 14.4 Å². The quantitative estimate of drug-likeness (QED) is 0.407. The molecule has 1 aliphatic rings. The Morgan fingerprint density at radius 3 is 2.76 bits per heavy atom. The van der Waals surface area contributed by atoms with Crippen LogP contribution >= 0.6 is 23.9 Å². The maximum atomic E-state index is 13.4.